The highest BCUT2D eigenvalue weighted by molar-refractivity contribution is 6.98. The first kappa shape index (κ1) is 12.9. The molecule has 6 heteroatoms. The van der Waals surface area contributed by atoms with E-state index in [1.165, 1.54) is 6.08 Å². The summed E-state index contributed by atoms with van der Waals surface area (Å²) < 4.78 is 40.0. The van der Waals surface area contributed by atoms with Gasteiger partial charge in [0, 0.05) is 5.69 Å². The van der Waals surface area contributed by atoms with E-state index in [1.807, 2.05) is 6.07 Å². The summed E-state index contributed by atoms with van der Waals surface area (Å²) in [5.41, 5.74) is 1.92. The molecule has 0 unspecified atom stereocenters. The van der Waals surface area contributed by atoms with Gasteiger partial charge in [0.05, 0.1) is 0 Å². The molecule has 2 aromatic rings. The van der Waals surface area contributed by atoms with Crippen LogP contribution in [0.15, 0.2) is 60.0 Å². The van der Waals surface area contributed by atoms with E-state index >= 15 is 0 Å². The molecule has 1 N–H and O–H groups in total. The maximum Gasteiger partial charge on any atom is 0.499 e. The molecule has 2 aromatic carbocycles. The van der Waals surface area contributed by atoms with E-state index in [1.54, 1.807) is 48.5 Å². The van der Waals surface area contributed by atoms with Gasteiger partial charge >= 0.3 is 6.98 Å². The van der Waals surface area contributed by atoms with Crippen molar-refractivity contribution in [2.75, 3.05) is 5.23 Å². The minimum Gasteiger partial charge on any atom is -0.445 e. The Morgan fingerprint density at radius 2 is 1.50 bits per heavy atom. The predicted octanol–water partition coefficient (Wildman–Crippen LogP) is 3.32. The van der Waals surface area contributed by atoms with Gasteiger partial charge in [0.1, 0.15) is 0 Å². The molecule has 0 saturated heterocycles. The van der Waals surface area contributed by atoms with E-state index in [0.717, 1.165) is 5.69 Å². The average molecular weight is 272 g/mol. The Labute approximate surface area is 115 Å². The van der Waals surface area contributed by atoms with Gasteiger partial charge in [-0.25, -0.2) is 0 Å². The van der Waals surface area contributed by atoms with Crippen molar-refractivity contribution in [3.8, 4) is 0 Å². The summed E-state index contributed by atoms with van der Waals surface area (Å²) in [6.07, 6.45) is 1.25. The lowest BCUT2D eigenvalue weighted by atomic mass is 9.39. The second-order valence-electron chi connectivity index (χ2n) is 4.79. The molecule has 1 aliphatic rings. The van der Waals surface area contributed by atoms with E-state index in [-0.39, 0.29) is 0 Å². The highest BCUT2D eigenvalue weighted by Gasteiger charge is 2.38. The number of hydrogen-bond donors (Lipinski definition) is 1. The van der Waals surface area contributed by atoms with E-state index in [0.29, 0.717) is 11.0 Å². The summed E-state index contributed by atoms with van der Waals surface area (Å²) in [5, 5.41) is 2.49. The van der Waals surface area contributed by atoms with Crippen LogP contribution in [-0.4, -0.2) is 13.8 Å². The van der Waals surface area contributed by atoms with Crippen LogP contribution in [0.5, 0.6) is 0 Å². The zero-order chi connectivity index (χ0) is 14.2. The zero-order valence-electron chi connectivity index (χ0n) is 10.6. The standard InChI is InChI=1S/C14H11B2F3N/c17-16(18,19)14-10-11-6-4-5-9-13(11)20-15(14)12-7-2-1-3-8-12/h1-10,20H/q-1. The fraction of sp³-hybridized carbons (Fsp3) is 0. The van der Waals surface area contributed by atoms with Crippen LogP contribution < -0.4 is 10.7 Å². The van der Waals surface area contributed by atoms with Crippen LogP contribution in [0.25, 0.3) is 6.08 Å². The Bertz CT molecular complexity index is 653. The highest BCUT2D eigenvalue weighted by Crippen LogP contribution is 2.31. The monoisotopic (exact) mass is 272 g/mol. The van der Waals surface area contributed by atoms with Crippen molar-refractivity contribution in [3.63, 3.8) is 0 Å². The lowest BCUT2D eigenvalue weighted by Gasteiger charge is -2.32. The normalized spacial score (nSPS) is 14.3. The summed E-state index contributed by atoms with van der Waals surface area (Å²) in [6, 6.07) is 15.7. The van der Waals surface area contributed by atoms with Crippen molar-refractivity contribution in [2.45, 2.75) is 0 Å². The van der Waals surface area contributed by atoms with Gasteiger partial charge in [-0.1, -0.05) is 60.1 Å². The number of benzene rings is 2. The second-order valence-corrected chi connectivity index (χ2v) is 4.79. The molecule has 1 aliphatic heterocycles. The van der Waals surface area contributed by atoms with Crippen LogP contribution in [-0.2, 0) is 0 Å². The summed E-state index contributed by atoms with van der Waals surface area (Å²) in [5.74, 6) is 0. The molecule has 100 valence electrons. The molecule has 0 fully saturated rings. The van der Waals surface area contributed by atoms with Crippen LogP contribution in [0.2, 0.25) is 0 Å². The molecule has 0 aromatic heterocycles. The third-order valence-electron chi connectivity index (χ3n) is 3.43. The first-order valence-corrected chi connectivity index (χ1v) is 6.37. The zero-order valence-corrected chi connectivity index (χ0v) is 10.6. The van der Waals surface area contributed by atoms with Crippen LogP contribution >= 0.6 is 0 Å². The van der Waals surface area contributed by atoms with Crippen molar-refractivity contribution >= 4 is 31.1 Å². The Hall–Kier alpha value is -2.10. The van der Waals surface area contributed by atoms with E-state index in [2.05, 4.69) is 5.23 Å². The van der Waals surface area contributed by atoms with E-state index in [4.69, 9.17) is 0 Å². The van der Waals surface area contributed by atoms with Gasteiger partial charge in [-0.3, -0.25) is 0 Å². The molecule has 0 saturated carbocycles. The molecule has 0 bridgehead atoms. The SMILES string of the molecule is F[B-](F)(F)C1=Cc2ccccc2NB1c1ccccc1. The first-order valence-electron chi connectivity index (χ1n) is 6.37. The number of halogens is 3. The summed E-state index contributed by atoms with van der Waals surface area (Å²) in [6.45, 7) is -5.88. The quantitative estimate of drug-likeness (QED) is 0.827. The van der Waals surface area contributed by atoms with Crippen LogP contribution in [0.3, 0.4) is 0 Å². The molecule has 20 heavy (non-hydrogen) atoms. The Morgan fingerprint density at radius 1 is 0.850 bits per heavy atom. The lowest BCUT2D eigenvalue weighted by Crippen LogP contribution is -2.48. The fourth-order valence-electron chi connectivity index (χ4n) is 2.46. The maximum absolute atomic E-state index is 13.3. The van der Waals surface area contributed by atoms with Crippen molar-refractivity contribution in [1.82, 2.24) is 0 Å². The molecule has 0 spiro atoms. The Balaban J connectivity index is 2.12. The Morgan fingerprint density at radius 3 is 2.20 bits per heavy atom. The van der Waals surface area contributed by atoms with Crippen molar-refractivity contribution < 1.29 is 12.9 Å². The Kier molecular flexibility index (Phi) is 3.08. The number of anilines is 1. The van der Waals surface area contributed by atoms with Crippen molar-refractivity contribution in [2.24, 2.45) is 0 Å². The van der Waals surface area contributed by atoms with Crippen molar-refractivity contribution in [3.05, 3.63) is 65.5 Å². The molecular formula is C14H11B2F3N-. The molecule has 0 amide bonds. The van der Waals surface area contributed by atoms with E-state index in [9.17, 15) is 12.9 Å². The van der Waals surface area contributed by atoms with E-state index < -0.39 is 19.2 Å². The minimum atomic E-state index is -5.04. The number of nitrogens with one attached hydrogen (secondary N) is 1. The summed E-state index contributed by atoms with van der Waals surface area (Å²) in [7, 11) is 0. The van der Waals surface area contributed by atoms with Crippen LogP contribution in [0.1, 0.15) is 5.56 Å². The molecule has 0 aliphatic carbocycles. The van der Waals surface area contributed by atoms with Gasteiger partial charge in [-0.15, -0.1) is 5.37 Å². The molecule has 1 nitrogen and oxygen atoms in total. The fourth-order valence-corrected chi connectivity index (χ4v) is 2.46. The molecule has 0 radical (unpaired) electrons. The minimum absolute atomic E-state index is 0.505. The van der Waals surface area contributed by atoms with Gasteiger partial charge in [0.2, 0.25) is 0 Å². The summed E-state index contributed by atoms with van der Waals surface area (Å²) >= 11 is 0. The summed E-state index contributed by atoms with van der Waals surface area (Å²) in [4.78, 5) is 0. The number of hydrogen-bond acceptors (Lipinski definition) is 1. The van der Waals surface area contributed by atoms with Gasteiger partial charge < -0.3 is 18.2 Å². The van der Waals surface area contributed by atoms with Crippen LogP contribution in [0, 0.1) is 0 Å². The van der Waals surface area contributed by atoms with Gasteiger partial charge in [-0.05, 0) is 11.6 Å². The molecule has 0 atom stereocenters. The lowest BCUT2D eigenvalue weighted by molar-refractivity contribution is 0.496. The number of para-hydroxylation sites is 1. The molecule has 1 heterocycles. The van der Waals surface area contributed by atoms with Gasteiger partial charge in [-0.2, -0.15) is 0 Å². The van der Waals surface area contributed by atoms with Crippen molar-refractivity contribution in [1.29, 1.82) is 0 Å². The van der Waals surface area contributed by atoms with Crippen LogP contribution in [0.4, 0.5) is 18.6 Å². The third-order valence-corrected chi connectivity index (χ3v) is 3.43. The molecule has 3 rings (SSSR count). The number of rotatable bonds is 2. The van der Waals surface area contributed by atoms with Gasteiger partial charge in [0.15, 0.2) is 0 Å². The second kappa shape index (κ2) is 4.78. The molecular weight excluding hydrogens is 261 g/mol. The highest BCUT2D eigenvalue weighted by atomic mass is 19.4. The maximum atomic E-state index is 13.3. The topological polar surface area (TPSA) is 12.0 Å². The van der Waals surface area contributed by atoms with Gasteiger partial charge in [0.25, 0.3) is 6.85 Å². The predicted molar refractivity (Wildman–Crippen MR) is 78.9 cm³/mol. The largest absolute Gasteiger partial charge is 0.499 e. The smallest absolute Gasteiger partial charge is 0.445 e. The average Bonchev–Trinajstić information content (AvgIpc) is 2.46. The third kappa shape index (κ3) is 2.33. The first-order chi connectivity index (χ1) is 9.55. The number of fused-ring (bicyclic) bond motifs is 1.